The first-order chi connectivity index (χ1) is 6.22. The van der Waals surface area contributed by atoms with Gasteiger partial charge in [0.15, 0.2) is 0 Å². The molecule has 0 radical (unpaired) electrons. The summed E-state index contributed by atoms with van der Waals surface area (Å²) in [5, 5.41) is 6.09. The fourth-order valence-electron chi connectivity index (χ4n) is 1.44. The molecule has 1 fully saturated rings. The standard InChI is InChI=1S/C9H18N2O2/c1-7(12)10-3-4-11-8-5-9(6-8)13-2/h8-9,11H,3-6H2,1-2H3,(H,10,12). The molecule has 76 valence electrons. The summed E-state index contributed by atoms with van der Waals surface area (Å²) in [6.45, 7) is 3.09. The van der Waals surface area contributed by atoms with Crippen LogP contribution in [0.2, 0.25) is 0 Å². The number of carbonyl (C=O) groups excluding carboxylic acids is 1. The average Bonchev–Trinajstić information content (AvgIpc) is 2.00. The SMILES string of the molecule is COC1CC(NCCNC(C)=O)C1. The van der Waals surface area contributed by atoms with Gasteiger partial charge >= 0.3 is 0 Å². The summed E-state index contributed by atoms with van der Waals surface area (Å²) in [5.74, 6) is 0.0326. The van der Waals surface area contributed by atoms with E-state index in [-0.39, 0.29) is 5.91 Å². The Hall–Kier alpha value is -0.610. The minimum absolute atomic E-state index is 0.0326. The molecule has 4 heteroatoms. The third-order valence-electron chi connectivity index (χ3n) is 2.36. The monoisotopic (exact) mass is 186 g/mol. The Morgan fingerprint density at radius 3 is 2.69 bits per heavy atom. The quantitative estimate of drug-likeness (QED) is 0.589. The van der Waals surface area contributed by atoms with E-state index in [2.05, 4.69) is 10.6 Å². The van der Waals surface area contributed by atoms with Gasteiger partial charge in [0.1, 0.15) is 0 Å². The van der Waals surface area contributed by atoms with Crippen LogP contribution in [0.15, 0.2) is 0 Å². The van der Waals surface area contributed by atoms with Crippen molar-refractivity contribution < 1.29 is 9.53 Å². The minimum atomic E-state index is 0.0326. The Kier molecular flexibility index (Phi) is 4.18. The molecule has 1 rings (SSSR count). The first kappa shape index (κ1) is 10.5. The van der Waals surface area contributed by atoms with Crippen LogP contribution in [-0.2, 0) is 9.53 Å². The molecule has 1 saturated carbocycles. The van der Waals surface area contributed by atoms with E-state index in [0.717, 1.165) is 19.4 Å². The van der Waals surface area contributed by atoms with Gasteiger partial charge in [-0.15, -0.1) is 0 Å². The molecular formula is C9H18N2O2. The van der Waals surface area contributed by atoms with E-state index in [1.165, 1.54) is 6.92 Å². The maximum atomic E-state index is 10.5. The Morgan fingerprint density at radius 1 is 1.46 bits per heavy atom. The van der Waals surface area contributed by atoms with Crippen molar-refractivity contribution >= 4 is 5.91 Å². The zero-order valence-corrected chi connectivity index (χ0v) is 8.30. The molecule has 0 atom stereocenters. The molecule has 0 aliphatic heterocycles. The summed E-state index contributed by atoms with van der Waals surface area (Å²) in [6.07, 6.45) is 2.63. The third-order valence-corrected chi connectivity index (χ3v) is 2.36. The lowest BCUT2D eigenvalue weighted by Crippen LogP contribution is -2.47. The molecule has 0 bridgehead atoms. The van der Waals surface area contributed by atoms with Gasteiger partial charge in [-0.2, -0.15) is 0 Å². The van der Waals surface area contributed by atoms with Crippen LogP contribution in [0.1, 0.15) is 19.8 Å². The van der Waals surface area contributed by atoms with Gasteiger partial charge in [0.05, 0.1) is 6.10 Å². The first-order valence-electron chi connectivity index (χ1n) is 4.73. The van der Waals surface area contributed by atoms with Crippen molar-refractivity contribution in [3.63, 3.8) is 0 Å². The van der Waals surface area contributed by atoms with Crippen LogP contribution in [0.4, 0.5) is 0 Å². The summed E-state index contributed by atoms with van der Waals surface area (Å²) in [6, 6.07) is 0.582. The molecule has 0 unspecified atom stereocenters. The van der Waals surface area contributed by atoms with Crippen LogP contribution >= 0.6 is 0 Å². The molecule has 0 heterocycles. The van der Waals surface area contributed by atoms with Gasteiger partial charge in [-0.1, -0.05) is 0 Å². The molecule has 4 nitrogen and oxygen atoms in total. The van der Waals surface area contributed by atoms with Crippen molar-refractivity contribution in [3.05, 3.63) is 0 Å². The van der Waals surface area contributed by atoms with E-state index in [1.54, 1.807) is 7.11 Å². The van der Waals surface area contributed by atoms with Gasteiger partial charge < -0.3 is 15.4 Å². The number of methoxy groups -OCH3 is 1. The Bertz CT molecular complexity index is 167. The normalized spacial score (nSPS) is 26.6. The number of hydrogen-bond acceptors (Lipinski definition) is 3. The highest BCUT2D eigenvalue weighted by molar-refractivity contribution is 5.72. The van der Waals surface area contributed by atoms with Crippen molar-refractivity contribution in [3.8, 4) is 0 Å². The van der Waals surface area contributed by atoms with Crippen LogP contribution in [0.5, 0.6) is 0 Å². The van der Waals surface area contributed by atoms with Gasteiger partial charge in [-0.05, 0) is 12.8 Å². The van der Waals surface area contributed by atoms with Crippen molar-refractivity contribution in [2.24, 2.45) is 0 Å². The topological polar surface area (TPSA) is 50.4 Å². The van der Waals surface area contributed by atoms with Crippen molar-refractivity contribution in [1.82, 2.24) is 10.6 Å². The van der Waals surface area contributed by atoms with Gasteiger partial charge in [-0.25, -0.2) is 0 Å². The van der Waals surface area contributed by atoms with E-state index in [0.29, 0.717) is 18.7 Å². The predicted molar refractivity (Wildman–Crippen MR) is 50.5 cm³/mol. The first-order valence-corrected chi connectivity index (χ1v) is 4.73. The van der Waals surface area contributed by atoms with E-state index in [9.17, 15) is 4.79 Å². The molecule has 13 heavy (non-hydrogen) atoms. The summed E-state index contributed by atoms with van der Waals surface area (Å²) >= 11 is 0. The smallest absolute Gasteiger partial charge is 0.216 e. The molecule has 1 aliphatic rings. The van der Waals surface area contributed by atoms with Crippen LogP contribution in [0, 0.1) is 0 Å². The molecule has 0 aromatic carbocycles. The van der Waals surface area contributed by atoms with E-state index in [4.69, 9.17) is 4.74 Å². The van der Waals surface area contributed by atoms with E-state index in [1.807, 2.05) is 0 Å². The number of hydrogen-bond donors (Lipinski definition) is 2. The fraction of sp³-hybridized carbons (Fsp3) is 0.889. The minimum Gasteiger partial charge on any atom is -0.381 e. The second-order valence-corrected chi connectivity index (χ2v) is 3.46. The van der Waals surface area contributed by atoms with Gasteiger partial charge in [0.2, 0.25) is 5.91 Å². The second-order valence-electron chi connectivity index (χ2n) is 3.46. The van der Waals surface area contributed by atoms with Crippen LogP contribution in [-0.4, -0.2) is 38.3 Å². The zero-order valence-electron chi connectivity index (χ0n) is 8.30. The molecule has 0 spiro atoms. The number of nitrogens with one attached hydrogen (secondary N) is 2. The fourth-order valence-corrected chi connectivity index (χ4v) is 1.44. The van der Waals surface area contributed by atoms with Crippen molar-refractivity contribution in [2.45, 2.75) is 31.9 Å². The number of ether oxygens (including phenoxy) is 1. The molecular weight excluding hydrogens is 168 g/mol. The Labute approximate surface area is 79.0 Å². The van der Waals surface area contributed by atoms with Crippen molar-refractivity contribution in [1.29, 1.82) is 0 Å². The molecule has 0 aromatic heterocycles. The molecule has 0 saturated heterocycles. The predicted octanol–water partition coefficient (Wildman–Crippen LogP) is -0.111. The summed E-state index contributed by atoms with van der Waals surface area (Å²) in [5.41, 5.74) is 0. The summed E-state index contributed by atoms with van der Waals surface area (Å²) in [7, 11) is 1.75. The third kappa shape index (κ3) is 3.74. The van der Waals surface area contributed by atoms with Crippen LogP contribution < -0.4 is 10.6 Å². The van der Waals surface area contributed by atoms with Gasteiger partial charge in [-0.3, -0.25) is 4.79 Å². The van der Waals surface area contributed by atoms with Crippen LogP contribution in [0.25, 0.3) is 0 Å². The average molecular weight is 186 g/mol. The maximum absolute atomic E-state index is 10.5. The zero-order chi connectivity index (χ0) is 9.68. The lowest BCUT2D eigenvalue weighted by molar-refractivity contribution is -0.118. The van der Waals surface area contributed by atoms with Crippen LogP contribution in [0.3, 0.4) is 0 Å². The Morgan fingerprint density at radius 2 is 2.15 bits per heavy atom. The largest absolute Gasteiger partial charge is 0.381 e. The molecule has 1 amide bonds. The van der Waals surface area contributed by atoms with E-state index >= 15 is 0 Å². The Balaban J connectivity index is 1.88. The maximum Gasteiger partial charge on any atom is 0.216 e. The second kappa shape index (κ2) is 5.19. The number of amides is 1. The highest BCUT2D eigenvalue weighted by Crippen LogP contribution is 2.21. The highest BCUT2D eigenvalue weighted by atomic mass is 16.5. The lowest BCUT2D eigenvalue weighted by Gasteiger charge is -2.34. The number of rotatable bonds is 5. The van der Waals surface area contributed by atoms with E-state index < -0.39 is 0 Å². The molecule has 0 aromatic rings. The van der Waals surface area contributed by atoms with Crippen molar-refractivity contribution in [2.75, 3.05) is 20.2 Å². The van der Waals surface area contributed by atoms with Gasteiger partial charge in [0, 0.05) is 33.2 Å². The molecule has 1 aliphatic carbocycles. The lowest BCUT2D eigenvalue weighted by atomic mass is 9.89. The molecule has 2 N–H and O–H groups in total. The van der Waals surface area contributed by atoms with Gasteiger partial charge in [0.25, 0.3) is 0 Å². The number of carbonyl (C=O) groups is 1. The summed E-state index contributed by atoms with van der Waals surface area (Å²) < 4.78 is 5.15. The summed E-state index contributed by atoms with van der Waals surface area (Å²) in [4.78, 5) is 10.5. The highest BCUT2D eigenvalue weighted by Gasteiger charge is 2.27.